The average molecular weight is 449 g/mol. The van der Waals surface area contributed by atoms with Gasteiger partial charge in [0.2, 0.25) is 5.91 Å². The zero-order valence-electron chi connectivity index (χ0n) is 20.1. The summed E-state index contributed by atoms with van der Waals surface area (Å²) in [7, 11) is 1.64. The van der Waals surface area contributed by atoms with Crippen LogP contribution in [0.4, 0.5) is 0 Å². The molecule has 1 aromatic carbocycles. The molecule has 6 nitrogen and oxygen atoms in total. The number of likely N-dealkylation sites (tertiary alicyclic amines) is 1. The van der Waals surface area contributed by atoms with Crippen molar-refractivity contribution in [3.8, 4) is 5.75 Å². The number of ether oxygens (including phenoxy) is 1. The van der Waals surface area contributed by atoms with Gasteiger partial charge in [0.25, 0.3) is 0 Å². The van der Waals surface area contributed by atoms with Crippen molar-refractivity contribution >= 4 is 5.91 Å². The third-order valence-electron chi connectivity index (χ3n) is 6.93. The van der Waals surface area contributed by atoms with Gasteiger partial charge in [-0.05, 0) is 69.7 Å². The summed E-state index contributed by atoms with van der Waals surface area (Å²) < 4.78 is 5.25. The quantitative estimate of drug-likeness (QED) is 0.616. The van der Waals surface area contributed by atoms with Crippen LogP contribution in [-0.2, 0) is 17.8 Å². The Morgan fingerprint density at radius 1 is 1.18 bits per heavy atom. The van der Waals surface area contributed by atoms with Crippen molar-refractivity contribution in [2.45, 2.75) is 58.4 Å². The fourth-order valence-corrected chi connectivity index (χ4v) is 5.01. The Morgan fingerprint density at radius 3 is 2.73 bits per heavy atom. The molecule has 2 atom stereocenters. The number of allylic oxidation sites excluding steroid dienone is 2. The normalized spacial score (nSPS) is 20.7. The van der Waals surface area contributed by atoms with Gasteiger partial charge in [-0.2, -0.15) is 0 Å². The van der Waals surface area contributed by atoms with Gasteiger partial charge in [-0.15, -0.1) is 0 Å². The van der Waals surface area contributed by atoms with Gasteiger partial charge in [0.1, 0.15) is 11.6 Å². The number of hydrogen-bond donors (Lipinski definition) is 1. The predicted octanol–water partition coefficient (Wildman–Crippen LogP) is 4.11. The third kappa shape index (κ3) is 6.20. The van der Waals surface area contributed by atoms with Crippen LogP contribution >= 0.6 is 0 Å². The number of nitrogens with zero attached hydrogens (tertiary/aromatic N) is 3. The fourth-order valence-electron chi connectivity index (χ4n) is 5.01. The lowest BCUT2D eigenvalue weighted by molar-refractivity contribution is -0.120. The molecule has 176 valence electrons. The van der Waals surface area contributed by atoms with Crippen LogP contribution in [0, 0.1) is 19.8 Å². The van der Waals surface area contributed by atoms with E-state index in [1.165, 1.54) is 25.8 Å². The first-order valence-electron chi connectivity index (χ1n) is 12.1. The Morgan fingerprint density at radius 2 is 2.00 bits per heavy atom. The van der Waals surface area contributed by atoms with E-state index in [2.05, 4.69) is 22.4 Å². The number of methoxy groups -OCH3 is 1. The molecule has 0 saturated carbocycles. The third-order valence-corrected chi connectivity index (χ3v) is 6.93. The molecule has 1 fully saturated rings. The second-order valence-corrected chi connectivity index (χ2v) is 9.43. The summed E-state index contributed by atoms with van der Waals surface area (Å²) in [5, 5.41) is 3.01. The van der Waals surface area contributed by atoms with Gasteiger partial charge in [0, 0.05) is 42.5 Å². The van der Waals surface area contributed by atoms with E-state index in [0.717, 1.165) is 59.5 Å². The zero-order chi connectivity index (χ0) is 23.2. The largest absolute Gasteiger partial charge is 0.497 e. The number of nitrogens with one attached hydrogen (secondary N) is 1. The zero-order valence-corrected chi connectivity index (χ0v) is 20.1. The Kier molecular flexibility index (Phi) is 7.76. The molecule has 0 spiro atoms. The number of carbonyl (C=O) groups is 1. The standard InChI is InChI=1S/C27H36N4O2/c1-19-25(15-26(32)28-16-22-10-7-11-24(14-22)33-3)20(2)30-27(29-19)23-12-13-31(18-23)17-21-8-5-4-6-9-21/h4-5,7,10-11,14,21,23H,6,8-9,12-13,15-18H2,1-3H3,(H,28,32)/t21-,23+/m1/s1. The molecular weight excluding hydrogens is 412 g/mol. The molecule has 2 aromatic rings. The minimum Gasteiger partial charge on any atom is -0.497 e. The van der Waals surface area contributed by atoms with Crippen LogP contribution < -0.4 is 10.1 Å². The highest BCUT2D eigenvalue weighted by Gasteiger charge is 2.28. The van der Waals surface area contributed by atoms with Gasteiger partial charge >= 0.3 is 0 Å². The van der Waals surface area contributed by atoms with Crippen molar-refractivity contribution in [1.29, 1.82) is 0 Å². The van der Waals surface area contributed by atoms with Crippen LogP contribution in [0.1, 0.15) is 59.9 Å². The summed E-state index contributed by atoms with van der Waals surface area (Å²) in [5.41, 5.74) is 3.79. The van der Waals surface area contributed by atoms with Crippen LogP contribution in [0.3, 0.4) is 0 Å². The molecule has 33 heavy (non-hydrogen) atoms. The van der Waals surface area contributed by atoms with E-state index in [1.807, 2.05) is 38.1 Å². The smallest absolute Gasteiger partial charge is 0.224 e. The molecule has 2 heterocycles. The molecule has 0 unspecified atom stereocenters. The minimum absolute atomic E-state index is 0.0195. The van der Waals surface area contributed by atoms with E-state index in [-0.39, 0.29) is 5.91 Å². The Bertz CT molecular complexity index is 980. The maximum Gasteiger partial charge on any atom is 0.224 e. The highest BCUT2D eigenvalue weighted by atomic mass is 16.5. The topological polar surface area (TPSA) is 67.3 Å². The molecule has 2 aliphatic rings. The average Bonchev–Trinajstić information content (AvgIpc) is 3.29. The van der Waals surface area contributed by atoms with Crippen molar-refractivity contribution in [3.63, 3.8) is 0 Å². The van der Waals surface area contributed by atoms with Crippen molar-refractivity contribution in [3.05, 3.63) is 64.8 Å². The number of aromatic nitrogens is 2. The van der Waals surface area contributed by atoms with Crippen LogP contribution in [-0.4, -0.2) is 47.5 Å². The molecule has 1 saturated heterocycles. The molecule has 1 aliphatic heterocycles. The summed E-state index contributed by atoms with van der Waals surface area (Å²) in [6, 6.07) is 7.74. The SMILES string of the molecule is COc1cccc(CNC(=O)Cc2c(C)nc([C@H]3CCN(C[C@@H]4CC=CCC4)C3)nc2C)c1. The second kappa shape index (κ2) is 10.9. The van der Waals surface area contributed by atoms with Crippen LogP contribution in [0.5, 0.6) is 5.75 Å². The van der Waals surface area contributed by atoms with Crippen molar-refractivity contribution < 1.29 is 9.53 Å². The Hall–Kier alpha value is -2.73. The van der Waals surface area contributed by atoms with E-state index in [9.17, 15) is 4.79 Å². The summed E-state index contributed by atoms with van der Waals surface area (Å²) in [5.74, 6) is 2.89. The number of carbonyl (C=O) groups excluding carboxylic acids is 1. The second-order valence-electron chi connectivity index (χ2n) is 9.43. The first kappa shape index (κ1) is 23.4. The van der Waals surface area contributed by atoms with Crippen LogP contribution in [0.2, 0.25) is 0 Å². The summed E-state index contributed by atoms with van der Waals surface area (Å²) in [6.45, 7) is 7.83. The van der Waals surface area contributed by atoms with Gasteiger partial charge in [0.05, 0.1) is 13.5 Å². The number of benzene rings is 1. The predicted molar refractivity (Wildman–Crippen MR) is 130 cm³/mol. The monoisotopic (exact) mass is 448 g/mol. The molecule has 6 heteroatoms. The molecule has 1 aromatic heterocycles. The van der Waals surface area contributed by atoms with Gasteiger partial charge in [-0.25, -0.2) is 9.97 Å². The van der Waals surface area contributed by atoms with Crippen molar-refractivity contribution in [2.24, 2.45) is 5.92 Å². The summed E-state index contributed by atoms with van der Waals surface area (Å²) >= 11 is 0. The van der Waals surface area contributed by atoms with E-state index in [0.29, 0.717) is 18.9 Å². The molecular formula is C27H36N4O2. The van der Waals surface area contributed by atoms with E-state index in [4.69, 9.17) is 14.7 Å². The van der Waals surface area contributed by atoms with E-state index in [1.54, 1.807) is 7.11 Å². The van der Waals surface area contributed by atoms with Gasteiger partial charge < -0.3 is 15.0 Å². The molecule has 1 aliphatic carbocycles. The molecule has 4 rings (SSSR count). The number of hydrogen-bond acceptors (Lipinski definition) is 5. The maximum atomic E-state index is 12.6. The number of aryl methyl sites for hydroxylation is 2. The first-order chi connectivity index (χ1) is 16.0. The van der Waals surface area contributed by atoms with Crippen LogP contribution in [0.15, 0.2) is 36.4 Å². The van der Waals surface area contributed by atoms with Crippen molar-refractivity contribution in [2.75, 3.05) is 26.7 Å². The lowest BCUT2D eigenvalue weighted by atomic mass is 9.94. The van der Waals surface area contributed by atoms with E-state index < -0.39 is 0 Å². The van der Waals surface area contributed by atoms with Crippen LogP contribution in [0.25, 0.3) is 0 Å². The molecule has 0 bridgehead atoms. The highest BCUT2D eigenvalue weighted by Crippen LogP contribution is 2.28. The lowest BCUT2D eigenvalue weighted by Gasteiger charge is -2.24. The minimum atomic E-state index is -0.0195. The van der Waals surface area contributed by atoms with Gasteiger partial charge in [-0.1, -0.05) is 24.3 Å². The highest BCUT2D eigenvalue weighted by molar-refractivity contribution is 5.79. The van der Waals surface area contributed by atoms with Gasteiger partial charge in [-0.3, -0.25) is 4.79 Å². The first-order valence-corrected chi connectivity index (χ1v) is 12.1. The number of amides is 1. The molecule has 0 radical (unpaired) electrons. The summed E-state index contributed by atoms with van der Waals surface area (Å²) in [6.07, 6.45) is 9.80. The Balaban J connectivity index is 1.33. The lowest BCUT2D eigenvalue weighted by Crippen LogP contribution is -2.28. The molecule has 1 amide bonds. The Labute approximate surface area is 197 Å². The van der Waals surface area contributed by atoms with Gasteiger partial charge in [0.15, 0.2) is 0 Å². The maximum absolute atomic E-state index is 12.6. The van der Waals surface area contributed by atoms with E-state index >= 15 is 0 Å². The fraction of sp³-hybridized carbons (Fsp3) is 0.519. The van der Waals surface area contributed by atoms with Crippen molar-refractivity contribution in [1.82, 2.24) is 20.2 Å². The summed E-state index contributed by atoms with van der Waals surface area (Å²) in [4.78, 5) is 24.9. The number of rotatable bonds is 8. The molecule has 1 N–H and O–H groups in total.